The SMILES string of the molecule is COc1ccc(/C=C/C(=O)NC(C=O)CCCCCCCc2cccc(CN)c2)cc1. The summed E-state index contributed by atoms with van der Waals surface area (Å²) in [7, 11) is 1.61. The highest BCUT2D eigenvalue weighted by atomic mass is 16.5. The van der Waals surface area contributed by atoms with E-state index in [1.165, 1.54) is 17.2 Å². The van der Waals surface area contributed by atoms with Crippen LogP contribution < -0.4 is 15.8 Å². The van der Waals surface area contributed by atoms with Gasteiger partial charge >= 0.3 is 0 Å². The summed E-state index contributed by atoms with van der Waals surface area (Å²) in [4.78, 5) is 23.4. The van der Waals surface area contributed by atoms with Gasteiger partial charge in [-0.15, -0.1) is 0 Å². The lowest BCUT2D eigenvalue weighted by atomic mass is 10.0. The predicted octanol–water partition coefficient (Wildman–Crippen LogP) is 4.43. The van der Waals surface area contributed by atoms with Crippen LogP contribution in [0.3, 0.4) is 0 Å². The van der Waals surface area contributed by atoms with E-state index in [1.807, 2.05) is 24.3 Å². The van der Waals surface area contributed by atoms with E-state index in [9.17, 15) is 9.59 Å². The number of ether oxygens (including phenoxy) is 1. The van der Waals surface area contributed by atoms with Crippen LogP contribution in [0.25, 0.3) is 6.08 Å². The molecule has 0 aromatic heterocycles. The molecule has 0 radical (unpaired) electrons. The summed E-state index contributed by atoms with van der Waals surface area (Å²) in [5.74, 6) is 0.510. The topological polar surface area (TPSA) is 81.4 Å². The molecule has 0 aliphatic carbocycles. The highest BCUT2D eigenvalue weighted by Crippen LogP contribution is 2.13. The van der Waals surface area contributed by atoms with Crippen molar-refractivity contribution < 1.29 is 14.3 Å². The Bertz CT molecular complexity index is 831. The molecular weight excluding hydrogens is 388 g/mol. The lowest BCUT2D eigenvalue weighted by Gasteiger charge is -2.11. The quantitative estimate of drug-likeness (QED) is 0.268. The third-order valence-corrected chi connectivity index (χ3v) is 5.24. The number of aldehydes is 1. The van der Waals surface area contributed by atoms with Crippen LogP contribution in [0.2, 0.25) is 0 Å². The number of benzene rings is 2. The monoisotopic (exact) mass is 422 g/mol. The molecule has 1 atom stereocenters. The number of carbonyl (C=O) groups excluding carboxylic acids is 2. The van der Waals surface area contributed by atoms with Gasteiger partial charge in [0.1, 0.15) is 12.0 Å². The second kappa shape index (κ2) is 14.1. The largest absolute Gasteiger partial charge is 0.497 e. The second-order valence-corrected chi connectivity index (χ2v) is 7.69. The van der Waals surface area contributed by atoms with E-state index in [0.717, 1.165) is 56.1 Å². The zero-order chi connectivity index (χ0) is 22.3. The van der Waals surface area contributed by atoms with Gasteiger partial charge in [-0.25, -0.2) is 0 Å². The summed E-state index contributed by atoms with van der Waals surface area (Å²) >= 11 is 0. The molecule has 0 aliphatic rings. The van der Waals surface area contributed by atoms with E-state index in [0.29, 0.717) is 13.0 Å². The Morgan fingerprint density at radius 3 is 2.45 bits per heavy atom. The van der Waals surface area contributed by atoms with E-state index in [1.54, 1.807) is 13.2 Å². The van der Waals surface area contributed by atoms with Crippen LogP contribution in [0.15, 0.2) is 54.6 Å². The second-order valence-electron chi connectivity index (χ2n) is 7.69. The van der Waals surface area contributed by atoms with Gasteiger partial charge in [0.05, 0.1) is 13.2 Å². The van der Waals surface area contributed by atoms with E-state index in [4.69, 9.17) is 10.5 Å². The van der Waals surface area contributed by atoms with Crippen molar-refractivity contribution in [1.29, 1.82) is 0 Å². The number of amides is 1. The maximum atomic E-state index is 12.1. The molecule has 31 heavy (non-hydrogen) atoms. The molecule has 2 aromatic rings. The molecule has 0 saturated heterocycles. The van der Waals surface area contributed by atoms with Crippen molar-refractivity contribution in [3.63, 3.8) is 0 Å². The fourth-order valence-electron chi connectivity index (χ4n) is 3.43. The van der Waals surface area contributed by atoms with Gasteiger partial charge in [-0.3, -0.25) is 4.79 Å². The third kappa shape index (κ3) is 9.62. The van der Waals surface area contributed by atoms with Crippen molar-refractivity contribution in [2.24, 2.45) is 5.73 Å². The molecule has 0 saturated carbocycles. The van der Waals surface area contributed by atoms with Gasteiger partial charge in [-0.1, -0.05) is 62.1 Å². The Morgan fingerprint density at radius 2 is 1.74 bits per heavy atom. The summed E-state index contributed by atoms with van der Waals surface area (Å²) in [6.07, 6.45) is 11.2. The van der Waals surface area contributed by atoms with Crippen molar-refractivity contribution in [2.45, 2.75) is 57.5 Å². The summed E-state index contributed by atoms with van der Waals surface area (Å²) < 4.78 is 5.11. The predicted molar refractivity (Wildman–Crippen MR) is 126 cm³/mol. The van der Waals surface area contributed by atoms with Crippen molar-refractivity contribution in [2.75, 3.05) is 7.11 Å². The summed E-state index contributed by atoms with van der Waals surface area (Å²) in [6.45, 7) is 0.583. The number of rotatable bonds is 14. The molecule has 2 rings (SSSR count). The number of hydrogen-bond acceptors (Lipinski definition) is 4. The van der Waals surface area contributed by atoms with Crippen molar-refractivity contribution in [3.8, 4) is 5.75 Å². The van der Waals surface area contributed by atoms with Crippen LogP contribution in [0.1, 0.15) is 55.2 Å². The number of nitrogens with two attached hydrogens (primary N) is 1. The molecular formula is C26H34N2O3. The summed E-state index contributed by atoms with van der Waals surface area (Å²) in [5, 5.41) is 2.77. The minimum atomic E-state index is -0.438. The van der Waals surface area contributed by atoms with Gasteiger partial charge in [-0.05, 0) is 54.2 Å². The molecule has 0 heterocycles. The van der Waals surface area contributed by atoms with Gasteiger partial charge in [0.15, 0.2) is 0 Å². The lowest BCUT2D eigenvalue weighted by molar-refractivity contribution is -0.120. The highest BCUT2D eigenvalue weighted by Gasteiger charge is 2.09. The molecule has 0 bridgehead atoms. The van der Waals surface area contributed by atoms with Crippen molar-refractivity contribution in [1.82, 2.24) is 5.32 Å². The van der Waals surface area contributed by atoms with Crippen LogP contribution in [0.4, 0.5) is 0 Å². The van der Waals surface area contributed by atoms with Gasteiger partial charge in [0, 0.05) is 12.6 Å². The molecule has 1 amide bonds. The highest BCUT2D eigenvalue weighted by molar-refractivity contribution is 5.93. The average molecular weight is 423 g/mol. The molecule has 0 aliphatic heterocycles. The zero-order valence-corrected chi connectivity index (χ0v) is 18.4. The number of methoxy groups -OCH3 is 1. The lowest BCUT2D eigenvalue weighted by Crippen LogP contribution is -2.34. The number of nitrogens with one attached hydrogen (secondary N) is 1. The molecule has 5 nitrogen and oxygen atoms in total. The number of carbonyl (C=O) groups is 2. The Morgan fingerprint density at radius 1 is 1.03 bits per heavy atom. The van der Waals surface area contributed by atoms with Crippen LogP contribution in [-0.4, -0.2) is 25.3 Å². The first kappa shape index (κ1) is 24.4. The van der Waals surface area contributed by atoms with E-state index >= 15 is 0 Å². The van der Waals surface area contributed by atoms with Gasteiger partial charge in [0.25, 0.3) is 0 Å². The molecule has 3 N–H and O–H groups in total. The van der Waals surface area contributed by atoms with Crippen LogP contribution in [0, 0.1) is 0 Å². The molecule has 0 fully saturated rings. The fourth-order valence-corrected chi connectivity index (χ4v) is 3.43. The number of hydrogen-bond donors (Lipinski definition) is 2. The van der Waals surface area contributed by atoms with Crippen LogP contribution in [-0.2, 0) is 22.6 Å². The maximum absolute atomic E-state index is 12.1. The third-order valence-electron chi connectivity index (χ3n) is 5.24. The van der Waals surface area contributed by atoms with Gasteiger partial charge in [0.2, 0.25) is 5.91 Å². The number of aryl methyl sites for hydroxylation is 1. The summed E-state index contributed by atoms with van der Waals surface area (Å²) in [6, 6.07) is 15.4. The maximum Gasteiger partial charge on any atom is 0.244 e. The van der Waals surface area contributed by atoms with Gasteiger partial charge in [-0.2, -0.15) is 0 Å². The standard InChI is InChI=1S/C26H34N2O3/c1-31-25-15-12-21(13-16-25)14-17-26(30)28-24(20-29)11-6-4-2-3-5-8-22-9-7-10-23(18-22)19-27/h7,9-10,12-18,20,24H,2-6,8,11,19,27H2,1H3,(H,28,30)/b17-14+. The molecule has 0 spiro atoms. The van der Waals surface area contributed by atoms with Gasteiger partial charge < -0.3 is 20.6 Å². The Kier molecular flexibility index (Phi) is 11.1. The smallest absolute Gasteiger partial charge is 0.244 e. The normalized spacial score (nSPS) is 11.9. The molecule has 166 valence electrons. The Hall–Kier alpha value is -2.92. The van der Waals surface area contributed by atoms with E-state index in [-0.39, 0.29) is 5.91 Å². The Balaban J connectivity index is 1.59. The Labute approximate surface area is 185 Å². The molecule has 5 heteroatoms. The minimum Gasteiger partial charge on any atom is -0.497 e. The first-order chi connectivity index (χ1) is 15.1. The molecule has 1 unspecified atom stereocenters. The van der Waals surface area contributed by atoms with Crippen LogP contribution >= 0.6 is 0 Å². The zero-order valence-electron chi connectivity index (χ0n) is 18.4. The number of unbranched alkanes of at least 4 members (excludes halogenated alkanes) is 4. The van der Waals surface area contributed by atoms with Crippen molar-refractivity contribution >= 4 is 18.3 Å². The summed E-state index contributed by atoms with van der Waals surface area (Å²) in [5.41, 5.74) is 9.11. The first-order valence-corrected chi connectivity index (χ1v) is 11.0. The van der Waals surface area contributed by atoms with Crippen molar-refractivity contribution in [3.05, 3.63) is 71.3 Å². The fraction of sp³-hybridized carbons (Fsp3) is 0.385. The van der Waals surface area contributed by atoms with Crippen LogP contribution in [0.5, 0.6) is 5.75 Å². The minimum absolute atomic E-state index is 0.257. The molecule has 2 aromatic carbocycles. The average Bonchev–Trinajstić information content (AvgIpc) is 2.81. The van der Waals surface area contributed by atoms with E-state index in [2.05, 4.69) is 29.6 Å². The van der Waals surface area contributed by atoms with E-state index < -0.39 is 6.04 Å². The first-order valence-electron chi connectivity index (χ1n) is 11.0.